The number of thiophene rings is 1. The number of Topliss-reactive ketones (excluding diaryl/α,β-unsaturated/α-hetero) is 1. The van der Waals surface area contributed by atoms with Gasteiger partial charge in [0.1, 0.15) is 16.4 Å². The van der Waals surface area contributed by atoms with Gasteiger partial charge in [-0.15, -0.1) is 11.3 Å². The minimum absolute atomic E-state index is 0.0419. The Morgan fingerprint density at radius 1 is 1.31 bits per heavy atom. The van der Waals surface area contributed by atoms with Crippen LogP contribution >= 0.6 is 11.3 Å². The van der Waals surface area contributed by atoms with Crippen molar-refractivity contribution < 1.29 is 14.3 Å². The first-order valence-corrected chi connectivity index (χ1v) is 8.66. The maximum atomic E-state index is 12.7. The first kappa shape index (κ1) is 17.8. The Kier molecular flexibility index (Phi) is 4.85. The number of carbonyl (C=O) groups is 2. The number of ketones is 1. The van der Waals surface area contributed by atoms with Crippen LogP contribution in [0.4, 0.5) is 5.69 Å². The largest absolute Gasteiger partial charge is 0.495 e. The van der Waals surface area contributed by atoms with Crippen molar-refractivity contribution >= 4 is 38.9 Å². The molecule has 2 aromatic heterocycles. The number of aromatic nitrogens is 2. The van der Waals surface area contributed by atoms with Gasteiger partial charge in [0.2, 0.25) is 0 Å². The summed E-state index contributed by atoms with van der Waals surface area (Å²) in [7, 11) is 1.52. The van der Waals surface area contributed by atoms with E-state index in [0.29, 0.717) is 32.1 Å². The zero-order chi connectivity index (χ0) is 18.8. The molecular formula is C18H17N3O4S. The van der Waals surface area contributed by atoms with Gasteiger partial charge in [-0.3, -0.25) is 19.0 Å². The summed E-state index contributed by atoms with van der Waals surface area (Å²) in [5.41, 5.74) is 0.766. The number of aryl methyl sites for hydroxylation is 1. The van der Waals surface area contributed by atoms with Crippen molar-refractivity contribution in [2.24, 2.45) is 0 Å². The Hall–Kier alpha value is -3.00. The first-order valence-electron chi connectivity index (χ1n) is 7.84. The van der Waals surface area contributed by atoms with E-state index in [4.69, 9.17) is 4.74 Å². The number of carbonyl (C=O) groups excluding carboxylic acids is 2. The highest BCUT2D eigenvalue weighted by atomic mass is 32.1. The van der Waals surface area contributed by atoms with Gasteiger partial charge in [0.05, 0.1) is 35.9 Å². The van der Waals surface area contributed by atoms with Gasteiger partial charge in [0, 0.05) is 0 Å². The van der Waals surface area contributed by atoms with Crippen molar-refractivity contribution in [1.29, 1.82) is 0 Å². The van der Waals surface area contributed by atoms with Crippen molar-refractivity contribution in [1.82, 2.24) is 9.55 Å². The van der Waals surface area contributed by atoms with Gasteiger partial charge in [-0.25, -0.2) is 4.98 Å². The third-order valence-corrected chi connectivity index (χ3v) is 5.07. The molecule has 26 heavy (non-hydrogen) atoms. The summed E-state index contributed by atoms with van der Waals surface area (Å²) in [6, 6.07) is 7.07. The Balaban J connectivity index is 2.01. The zero-order valence-corrected chi connectivity index (χ0v) is 15.3. The van der Waals surface area contributed by atoms with Crippen molar-refractivity contribution in [3.63, 3.8) is 0 Å². The number of nitrogens with zero attached hydrogens (tertiary/aromatic N) is 2. The van der Waals surface area contributed by atoms with E-state index in [2.05, 4.69) is 10.3 Å². The van der Waals surface area contributed by atoms with Crippen LogP contribution < -0.4 is 15.6 Å². The minimum Gasteiger partial charge on any atom is -0.495 e. The molecule has 7 nitrogen and oxygen atoms in total. The lowest BCUT2D eigenvalue weighted by Gasteiger charge is -2.09. The van der Waals surface area contributed by atoms with E-state index in [1.807, 2.05) is 0 Å². The summed E-state index contributed by atoms with van der Waals surface area (Å²) in [4.78, 5) is 41.7. The lowest BCUT2D eigenvalue weighted by molar-refractivity contribution is -0.117. The first-order chi connectivity index (χ1) is 12.4. The predicted molar refractivity (Wildman–Crippen MR) is 100 cm³/mol. The monoisotopic (exact) mass is 371 g/mol. The van der Waals surface area contributed by atoms with E-state index in [-0.39, 0.29) is 23.8 Å². The van der Waals surface area contributed by atoms with Gasteiger partial charge in [-0.2, -0.15) is 0 Å². The van der Waals surface area contributed by atoms with Crippen LogP contribution in [-0.4, -0.2) is 28.4 Å². The van der Waals surface area contributed by atoms with E-state index in [1.54, 1.807) is 31.2 Å². The molecule has 0 radical (unpaired) electrons. The Labute approximate surface area is 153 Å². The third kappa shape index (κ3) is 3.23. The second-order valence-electron chi connectivity index (χ2n) is 5.77. The second kappa shape index (κ2) is 7.09. The average Bonchev–Trinajstić information content (AvgIpc) is 2.95. The molecule has 0 spiro atoms. The van der Waals surface area contributed by atoms with Gasteiger partial charge >= 0.3 is 0 Å². The molecule has 0 bridgehead atoms. The Bertz CT molecular complexity index is 1070. The van der Waals surface area contributed by atoms with Crippen LogP contribution in [0.25, 0.3) is 10.2 Å². The summed E-state index contributed by atoms with van der Waals surface area (Å²) < 4.78 is 6.49. The second-order valence-corrected chi connectivity index (χ2v) is 6.77. The number of hydrogen-bond donors (Lipinski definition) is 1. The molecule has 0 saturated carbocycles. The number of rotatable bonds is 5. The highest BCUT2D eigenvalue weighted by molar-refractivity contribution is 7.20. The molecule has 0 unspecified atom stereocenters. The van der Waals surface area contributed by atoms with Gasteiger partial charge in [-0.1, -0.05) is 12.1 Å². The van der Waals surface area contributed by atoms with E-state index >= 15 is 0 Å². The van der Waals surface area contributed by atoms with Crippen molar-refractivity contribution in [3.05, 3.63) is 51.4 Å². The van der Waals surface area contributed by atoms with E-state index < -0.39 is 0 Å². The van der Waals surface area contributed by atoms with Crippen molar-refractivity contribution in [2.45, 2.75) is 20.4 Å². The molecule has 0 fully saturated rings. The Morgan fingerprint density at radius 3 is 2.73 bits per heavy atom. The normalized spacial score (nSPS) is 10.7. The van der Waals surface area contributed by atoms with Gasteiger partial charge < -0.3 is 10.1 Å². The highest BCUT2D eigenvalue weighted by Gasteiger charge is 2.20. The van der Waals surface area contributed by atoms with Gasteiger partial charge in [0.25, 0.3) is 11.5 Å². The third-order valence-electron chi connectivity index (χ3n) is 3.87. The number of nitrogens with one attached hydrogen (secondary N) is 1. The van der Waals surface area contributed by atoms with Crippen LogP contribution in [-0.2, 0) is 11.3 Å². The molecule has 0 aliphatic carbocycles. The number of para-hydroxylation sites is 2. The number of ether oxygens (including phenoxy) is 1. The van der Waals surface area contributed by atoms with Crippen LogP contribution in [0.15, 0.2) is 35.4 Å². The predicted octanol–water partition coefficient (Wildman–Crippen LogP) is 2.62. The Morgan fingerprint density at radius 2 is 2.04 bits per heavy atom. The van der Waals surface area contributed by atoms with Crippen LogP contribution in [0.1, 0.15) is 22.2 Å². The molecule has 0 aliphatic heterocycles. The molecular weight excluding hydrogens is 354 g/mol. The van der Waals surface area contributed by atoms with Crippen molar-refractivity contribution in [3.8, 4) is 5.75 Å². The lowest BCUT2D eigenvalue weighted by Crippen LogP contribution is -2.23. The fourth-order valence-corrected chi connectivity index (χ4v) is 3.69. The molecule has 0 saturated heterocycles. The van der Waals surface area contributed by atoms with Crippen LogP contribution in [0.2, 0.25) is 0 Å². The average molecular weight is 371 g/mol. The molecule has 1 N–H and O–H groups in total. The smallest absolute Gasteiger partial charge is 0.266 e. The fourth-order valence-electron chi connectivity index (χ4n) is 2.66. The van der Waals surface area contributed by atoms with Gasteiger partial charge in [-0.05, 0) is 31.5 Å². The van der Waals surface area contributed by atoms with E-state index in [9.17, 15) is 14.4 Å². The van der Waals surface area contributed by atoms with Crippen LogP contribution in [0.3, 0.4) is 0 Å². The van der Waals surface area contributed by atoms with Crippen LogP contribution in [0.5, 0.6) is 5.75 Å². The minimum atomic E-state index is -0.340. The molecule has 0 aliphatic rings. The summed E-state index contributed by atoms with van der Waals surface area (Å²) in [6.45, 7) is 3.07. The summed E-state index contributed by atoms with van der Waals surface area (Å²) in [6.07, 6.45) is 1.34. The van der Waals surface area contributed by atoms with Crippen LogP contribution in [0, 0.1) is 6.92 Å². The topological polar surface area (TPSA) is 90.3 Å². The van der Waals surface area contributed by atoms with Crippen molar-refractivity contribution in [2.75, 3.05) is 12.4 Å². The number of fused-ring (bicyclic) bond motifs is 1. The van der Waals surface area contributed by atoms with E-state index in [0.717, 1.165) is 11.3 Å². The van der Waals surface area contributed by atoms with Gasteiger partial charge in [0.15, 0.2) is 0 Å². The summed E-state index contributed by atoms with van der Waals surface area (Å²) >= 11 is 1.14. The maximum Gasteiger partial charge on any atom is 0.266 e. The number of hydrogen-bond acceptors (Lipinski definition) is 6. The van der Waals surface area contributed by atoms with E-state index in [1.165, 1.54) is 24.9 Å². The molecule has 2 heterocycles. The fraction of sp³-hybridized carbons (Fsp3) is 0.222. The lowest BCUT2D eigenvalue weighted by atomic mass is 10.2. The SMILES string of the molecule is COc1ccccc1NC(=O)c1sc2ncn(CC(C)=O)c(=O)c2c1C. The number of benzene rings is 1. The summed E-state index contributed by atoms with van der Waals surface area (Å²) in [5, 5.41) is 3.17. The summed E-state index contributed by atoms with van der Waals surface area (Å²) in [5.74, 6) is 0.0596. The molecule has 3 aromatic rings. The molecule has 3 rings (SSSR count). The quantitative estimate of drug-likeness (QED) is 0.744. The molecule has 0 atom stereocenters. The molecule has 134 valence electrons. The highest BCUT2D eigenvalue weighted by Crippen LogP contribution is 2.29. The molecule has 1 amide bonds. The number of amides is 1. The molecule has 8 heteroatoms. The number of methoxy groups -OCH3 is 1. The number of anilines is 1. The maximum absolute atomic E-state index is 12.7. The molecule has 1 aromatic carbocycles. The standard InChI is InChI=1S/C18H17N3O4S/c1-10(22)8-21-9-19-17-14(18(21)24)11(2)15(26-17)16(23)20-12-6-4-5-7-13(12)25-3/h4-7,9H,8H2,1-3H3,(H,20,23). The zero-order valence-electron chi connectivity index (χ0n) is 14.5.